The summed E-state index contributed by atoms with van der Waals surface area (Å²) in [4.78, 5) is 47.6. The highest BCUT2D eigenvalue weighted by Gasteiger charge is 2.52. The van der Waals surface area contributed by atoms with Gasteiger partial charge in [0.15, 0.2) is 18.3 Å². The van der Waals surface area contributed by atoms with Gasteiger partial charge in [-0.1, -0.05) is 40.2 Å². The van der Waals surface area contributed by atoms with Crippen LogP contribution >= 0.6 is 15.9 Å². The molecule has 1 unspecified atom stereocenters. The second-order valence-electron chi connectivity index (χ2n) is 8.57. The highest BCUT2D eigenvalue weighted by atomic mass is 79.9. The molecule has 2 aromatic carbocycles. The molecule has 0 radical (unpaired) electrons. The second-order valence-corrected chi connectivity index (χ2v) is 9.43. The Hall–Kier alpha value is -3.44. The molecule has 5 atom stereocenters. The molecule has 1 heterocycles. The number of esters is 4. The van der Waals surface area contributed by atoms with Gasteiger partial charge in [0, 0.05) is 37.7 Å². The summed E-state index contributed by atoms with van der Waals surface area (Å²) in [6.45, 7) is 4.70. The van der Waals surface area contributed by atoms with Crippen LogP contribution in [-0.2, 0) is 49.5 Å². The molecule has 1 aliphatic heterocycles. The van der Waals surface area contributed by atoms with E-state index < -0.39 is 54.4 Å². The van der Waals surface area contributed by atoms with E-state index in [4.69, 9.17) is 28.4 Å². The maximum Gasteiger partial charge on any atom is 0.303 e. The number of hydrogen-bond acceptors (Lipinski definition) is 10. The van der Waals surface area contributed by atoms with Gasteiger partial charge >= 0.3 is 23.9 Å². The van der Waals surface area contributed by atoms with Gasteiger partial charge < -0.3 is 28.4 Å². The molecule has 1 aliphatic rings. The molecule has 38 heavy (non-hydrogen) atoms. The quantitative estimate of drug-likeness (QED) is 0.313. The summed E-state index contributed by atoms with van der Waals surface area (Å²) in [6, 6.07) is 14.6. The van der Waals surface area contributed by atoms with Crippen molar-refractivity contribution in [3.63, 3.8) is 0 Å². The molecule has 0 saturated carbocycles. The van der Waals surface area contributed by atoms with Crippen LogP contribution < -0.4 is 4.74 Å². The number of para-hydroxylation sites is 1. The summed E-state index contributed by atoms with van der Waals surface area (Å²) in [5.74, 6) is -1.94. The molecule has 0 amide bonds. The lowest BCUT2D eigenvalue weighted by Crippen LogP contribution is -2.59. The summed E-state index contributed by atoms with van der Waals surface area (Å²) in [5.41, 5.74) is 1.33. The molecule has 2 aromatic rings. The highest BCUT2D eigenvalue weighted by molar-refractivity contribution is 9.10. The van der Waals surface area contributed by atoms with Gasteiger partial charge in [-0.05, 0) is 29.8 Å². The number of carbonyl (C=O) groups excluding carboxylic acids is 4. The second kappa shape index (κ2) is 13.4. The molecule has 204 valence electrons. The van der Waals surface area contributed by atoms with Crippen molar-refractivity contribution in [2.24, 2.45) is 0 Å². The summed E-state index contributed by atoms with van der Waals surface area (Å²) < 4.78 is 34.6. The van der Waals surface area contributed by atoms with Gasteiger partial charge in [0.25, 0.3) is 0 Å². The molecular weight excluding hydrogens is 564 g/mol. The number of rotatable bonds is 9. The van der Waals surface area contributed by atoms with Crippen molar-refractivity contribution in [1.82, 2.24) is 0 Å². The highest BCUT2D eigenvalue weighted by Crippen LogP contribution is 2.38. The van der Waals surface area contributed by atoms with E-state index in [1.807, 2.05) is 30.3 Å². The van der Waals surface area contributed by atoms with Crippen LogP contribution in [0.5, 0.6) is 5.75 Å². The largest absolute Gasteiger partial charge is 0.489 e. The molecule has 0 bridgehead atoms. The number of halogens is 1. The van der Waals surface area contributed by atoms with E-state index in [1.54, 1.807) is 18.2 Å². The predicted molar refractivity (Wildman–Crippen MR) is 136 cm³/mol. The molecule has 0 aliphatic carbocycles. The Kier molecular flexibility index (Phi) is 10.3. The molecule has 3 rings (SSSR count). The molecule has 0 spiro atoms. The molecule has 0 aromatic heterocycles. The minimum Gasteiger partial charge on any atom is -0.489 e. The first-order valence-corrected chi connectivity index (χ1v) is 12.6. The third kappa shape index (κ3) is 8.03. The number of carbonyl (C=O) groups is 4. The minimum atomic E-state index is -1.24. The van der Waals surface area contributed by atoms with E-state index in [0.29, 0.717) is 11.3 Å². The van der Waals surface area contributed by atoms with Gasteiger partial charge in [0.1, 0.15) is 31.2 Å². The van der Waals surface area contributed by atoms with Crippen molar-refractivity contribution in [3.8, 4) is 5.75 Å². The van der Waals surface area contributed by atoms with Crippen LogP contribution in [0.25, 0.3) is 0 Å². The maximum atomic E-state index is 12.1. The van der Waals surface area contributed by atoms with Crippen LogP contribution in [0, 0.1) is 0 Å². The summed E-state index contributed by atoms with van der Waals surface area (Å²) in [6.07, 6.45) is -5.64. The van der Waals surface area contributed by atoms with Gasteiger partial charge in [-0.2, -0.15) is 0 Å². The van der Waals surface area contributed by atoms with E-state index >= 15 is 0 Å². The minimum absolute atomic E-state index is 0.212. The van der Waals surface area contributed by atoms with E-state index in [1.165, 1.54) is 27.7 Å². The maximum absolute atomic E-state index is 12.1. The Bertz CT molecular complexity index is 1150. The summed E-state index contributed by atoms with van der Waals surface area (Å²) >= 11 is 3.53. The van der Waals surface area contributed by atoms with Crippen LogP contribution in [-0.4, -0.2) is 54.9 Å². The average Bonchev–Trinajstić information content (AvgIpc) is 2.84. The first-order chi connectivity index (χ1) is 18.0. The van der Waals surface area contributed by atoms with Crippen LogP contribution in [0.3, 0.4) is 0 Å². The first-order valence-electron chi connectivity index (χ1n) is 11.8. The number of hydrogen-bond donors (Lipinski definition) is 0. The number of ether oxygens (including phenoxy) is 6. The van der Waals surface area contributed by atoms with Gasteiger partial charge in [0.2, 0.25) is 0 Å². The lowest BCUT2D eigenvalue weighted by Gasteiger charge is -2.44. The van der Waals surface area contributed by atoms with Crippen molar-refractivity contribution in [3.05, 3.63) is 64.1 Å². The SMILES string of the molecule is CC(=O)OC[C@H]1OC(c2ccc(Br)c(COc3ccccc3)c2)[C@H](OC(C)=O)[C@@H](OC(C)=O)[C@@H]1OC(C)=O. The lowest BCUT2D eigenvalue weighted by molar-refractivity contribution is -0.254. The van der Waals surface area contributed by atoms with Crippen LogP contribution in [0.15, 0.2) is 53.0 Å². The van der Waals surface area contributed by atoms with Crippen molar-refractivity contribution in [2.45, 2.75) is 64.8 Å². The predicted octanol–water partition coefficient (Wildman–Crippen LogP) is 3.83. The zero-order valence-corrected chi connectivity index (χ0v) is 23.0. The topological polar surface area (TPSA) is 124 Å². The summed E-state index contributed by atoms with van der Waals surface area (Å²) in [5, 5.41) is 0. The zero-order chi connectivity index (χ0) is 27.8. The summed E-state index contributed by atoms with van der Waals surface area (Å²) in [7, 11) is 0. The van der Waals surface area contributed by atoms with Gasteiger partial charge in [-0.3, -0.25) is 19.2 Å². The van der Waals surface area contributed by atoms with Gasteiger partial charge in [0.05, 0.1) is 0 Å². The molecule has 11 heteroatoms. The van der Waals surface area contributed by atoms with E-state index in [2.05, 4.69) is 15.9 Å². The average molecular weight is 593 g/mol. The van der Waals surface area contributed by atoms with Crippen molar-refractivity contribution < 1.29 is 47.6 Å². The van der Waals surface area contributed by atoms with Crippen molar-refractivity contribution in [1.29, 1.82) is 0 Å². The normalized spacial score (nSPS) is 22.6. The smallest absolute Gasteiger partial charge is 0.303 e. The fraction of sp³-hybridized carbons (Fsp3) is 0.407. The monoisotopic (exact) mass is 592 g/mol. The Morgan fingerprint density at radius 1 is 0.789 bits per heavy atom. The Morgan fingerprint density at radius 2 is 1.39 bits per heavy atom. The van der Waals surface area contributed by atoms with E-state index in [0.717, 1.165) is 10.0 Å². The molecule has 0 N–H and O–H groups in total. The van der Waals surface area contributed by atoms with Crippen LogP contribution in [0.1, 0.15) is 44.9 Å². The fourth-order valence-electron chi connectivity index (χ4n) is 4.06. The lowest BCUT2D eigenvalue weighted by atomic mass is 9.90. The van der Waals surface area contributed by atoms with E-state index in [9.17, 15) is 19.2 Å². The molecular formula is C27H29BrO10. The Balaban J connectivity index is 2.01. The molecule has 1 fully saturated rings. The Labute approximate surface area is 228 Å². The molecule has 1 saturated heterocycles. The van der Waals surface area contributed by atoms with Gasteiger partial charge in [-0.15, -0.1) is 0 Å². The third-order valence-corrected chi connectivity index (χ3v) is 6.30. The van der Waals surface area contributed by atoms with Crippen LogP contribution in [0.4, 0.5) is 0 Å². The Morgan fingerprint density at radius 3 is 2.00 bits per heavy atom. The third-order valence-electron chi connectivity index (χ3n) is 5.53. The van der Waals surface area contributed by atoms with Crippen LogP contribution in [0.2, 0.25) is 0 Å². The fourth-order valence-corrected chi connectivity index (χ4v) is 4.42. The van der Waals surface area contributed by atoms with Crippen molar-refractivity contribution in [2.75, 3.05) is 6.61 Å². The first kappa shape index (κ1) is 29.1. The van der Waals surface area contributed by atoms with Crippen molar-refractivity contribution >= 4 is 39.8 Å². The van der Waals surface area contributed by atoms with E-state index in [-0.39, 0.29) is 13.2 Å². The molecule has 10 nitrogen and oxygen atoms in total. The number of benzene rings is 2. The van der Waals surface area contributed by atoms with Gasteiger partial charge in [-0.25, -0.2) is 0 Å². The zero-order valence-electron chi connectivity index (χ0n) is 21.4. The standard InChI is InChI=1S/C27H29BrO10/c1-15(29)33-14-23-25(35-16(2)30)27(37-18(4)32)26(36-17(3)31)24(38-23)19-10-11-22(28)20(12-19)13-34-21-8-6-5-7-9-21/h5-12,23-27H,13-14H2,1-4H3/t23-,24?,25-,26+,27+/m1/s1.